The van der Waals surface area contributed by atoms with Gasteiger partial charge in [-0.15, -0.1) is 0 Å². The minimum atomic E-state index is -0.298. The van der Waals surface area contributed by atoms with E-state index in [1.807, 2.05) is 6.07 Å². The second-order valence-corrected chi connectivity index (χ2v) is 8.68. The maximum Gasteiger partial charge on any atom is 0.0614 e. The Morgan fingerprint density at radius 3 is 2.12 bits per heavy atom. The van der Waals surface area contributed by atoms with Crippen LogP contribution in [0.3, 0.4) is 0 Å². The third kappa shape index (κ3) is 6.53. The first-order chi connectivity index (χ1) is 12.7. The zero-order valence-corrected chi connectivity index (χ0v) is 16.9. The second kappa shape index (κ2) is 10.2. The SMILES string of the molecule is OC(CCc1ccccc1)C[C@@H]1C[C@H](Br)C[C@H](CCc2ccccc2)O1. The third-order valence-corrected chi connectivity index (χ3v) is 5.91. The molecule has 4 atom stereocenters. The third-order valence-electron chi connectivity index (χ3n) is 5.16. The van der Waals surface area contributed by atoms with Crippen molar-refractivity contribution in [2.45, 2.75) is 68.1 Å². The zero-order chi connectivity index (χ0) is 18.2. The molecular weight excluding hydrogens is 388 g/mol. The highest BCUT2D eigenvalue weighted by atomic mass is 79.9. The van der Waals surface area contributed by atoms with Gasteiger partial charge >= 0.3 is 0 Å². The summed E-state index contributed by atoms with van der Waals surface area (Å²) in [6.07, 6.45) is 6.73. The molecule has 0 aliphatic carbocycles. The highest BCUT2D eigenvalue weighted by molar-refractivity contribution is 9.09. The summed E-state index contributed by atoms with van der Waals surface area (Å²) in [7, 11) is 0. The minimum Gasteiger partial charge on any atom is -0.393 e. The van der Waals surface area contributed by atoms with Crippen molar-refractivity contribution in [3.63, 3.8) is 0 Å². The molecule has 140 valence electrons. The molecule has 0 amide bonds. The van der Waals surface area contributed by atoms with Gasteiger partial charge in [-0.1, -0.05) is 76.6 Å². The summed E-state index contributed by atoms with van der Waals surface area (Å²) in [5.41, 5.74) is 2.66. The molecule has 0 bridgehead atoms. The summed E-state index contributed by atoms with van der Waals surface area (Å²) in [5.74, 6) is 0. The number of aliphatic hydroxyl groups excluding tert-OH is 1. The first-order valence-corrected chi connectivity index (χ1v) is 10.7. The van der Waals surface area contributed by atoms with E-state index in [1.165, 1.54) is 11.1 Å². The van der Waals surface area contributed by atoms with Crippen LogP contribution in [0.15, 0.2) is 60.7 Å². The lowest BCUT2D eigenvalue weighted by molar-refractivity contribution is -0.0686. The highest BCUT2D eigenvalue weighted by Gasteiger charge is 2.29. The fourth-order valence-corrected chi connectivity index (χ4v) is 4.59. The Morgan fingerprint density at radius 2 is 1.46 bits per heavy atom. The molecule has 2 aromatic rings. The van der Waals surface area contributed by atoms with Gasteiger partial charge in [0.2, 0.25) is 0 Å². The molecule has 0 aromatic heterocycles. The first-order valence-electron chi connectivity index (χ1n) is 9.74. The molecule has 1 saturated heterocycles. The molecule has 1 aliphatic heterocycles. The molecular formula is C23H29BrO2. The van der Waals surface area contributed by atoms with Gasteiger partial charge in [-0.05, 0) is 56.1 Å². The number of hydrogen-bond acceptors (Lipinski definition) is 2. The molecule has 2 nitrogen and oxygen atoms in total. The second-order valence-electron chi connectivity index (χ2n) is 7.39. The summed E-state index contributed by atoms with van der Waals surface area (Å²) in [6.45, 7) is 0. The van der Waals surface area contributed by atoms with E-state index >= 15 is 0 Å². The Kier molecular flexibility index (Phi) is 7.72. The lowest BCUT2D eigenvalue weighted by Gasteiger charge is -2.34. The zero-order valence-electron chi connectivity index (χ0n) is 15.3. The van der Waals surface area contributed by atoms with Crippen LogP contribution in [0.2, 0.25) is 0 Å². The number of halogens is 1. The Hall–Kier alpha value is -1.16. The summed E-state index contributed by atoms with van der Waals surface area (Å²) < 4.78 is 6.31. The van der Waals surface area contributed by atoms with Crippen LogP contribution < -0.4 is 0 Å². The minimum absolute atomic E-state index is 0.152. The summed E-state index contributed by atoms with van der Waals surface area (Å²) in [4.78, 5) is 0.489. The first kappa shape index (κ1) is 19.6. The topological polar surface area (TPSA) is 29.5 Å². The number of aryl methyl sites for hydroxylation is 2. The van der Waals surface area contributed by atoms with E-state index in [0.717, 1.165) is 44.9 Å². The van der Waals surface area contributed by atoms with Crippen molar-refractivity contribution in [2.24, 2.45) is 0 Å². The van der Waals surface area contributed by atoms with Gasteiger partial charge in [-0.3, -0.25) is 0 Å². The van der Waals surface area contributed by atoms with Gasteiger partial charge in [-0.2, -0.15) is 0 Å². The predicted molar refractivity (Wildman–Crippen MR) is 111 cm³/mol. The number of benzene rings is 2. The van der Waals surface area contributed by atoms with Crippen LogP contribution >= 0.6 is 15.9 Å². The van der Waals surface area contributed by atoms with Gasteiger partial charge in [0, 0.05) is 4.83 Å². The number of rotatable bonds is 8. The van der Waals surface area contributed by atoms with E-state index in [1.54, 1.807) is 0 Å². The van der Waals surface area contributed by atoms with Gasteiger partial charge in [0.15, 0.2) is 0 Å². The Labute approximate surface area is 165 Å². The highest BCUT2D eigenvalue weighted by Crippen LogP contribution is 2.30. The lowest BCUT2D eigenvalue weighted by Crippen LogP contribution is -2.35. The number of aliphatic hydroxyl groups is 1. The van der Waals surface area contributed by atoms with Crippen LogP contribution in [0.25, 0.3) is 0 Å². The average molecular weight is 417 g/mol. The molecule has 1 fully saturated rings. The molecule has 3 rings (SSSR count). The maximum absolute atomic E-state index is 10.4. The number of ether oxygens (including phenoxy) is 1. The fourth-order valence-electron chi connectivity index (χ4n) is 3.76. The fraction of sp³-hybridized carbons (Fsp3) is 0.478. The van der Waals surface area contributed by atoms with Crippen LogP contribution in [0, 0.1) is 0 Å². The lowest BCUT2D eigenvalue weighted by atomic mass is 9.94. The van der Waals surface area contributed by atoms with E-state index < -0.39 is 0 Å². The molecule has 1 heterocycles. The van der Waals surface area contributed by atoms with Gasteiger partial charge in [0.05, 0.1) is 18.3 Å². The maximum atomic E-state index is 10.4. The van der Waals surface area contributed by atoms with Crippen LogP contribution in [-0.2, 0) is 17.6 Å². The average Bonchev–Trinajstić information content (AvgIpc) is 2.66. The summed E-state index contributed by atoms with van der Waals surface area (Å²) in [5, 5.41) is 10.4. The molecule has 0 radical (unpaired) electrons. The quantitative estimate of drug-likeness (QED) is 0.590. The normalized spacial score (nSPS) is 24.3. The van der Waals surface area contributed by atoms with Crippen LogP contribution in [0.1, 0.15) is 43.2 Å². The van der Waals surface area contributed by atoms with Crippen molar-refractivity contribution in [3.8, 4) is 0 Å². The van der Waals surface area contributed by atoms with E-state index in [2.05, 4.69) is 70.5 Å². The molecule has 2 aromatic carbocycles. The van der Waals surface area contributed by atoms with Crippen molar-refractivity contribution >= 4 is 15.9 Å². The van der Waals surface area contributed by atoms with Crippen molar-refractivity contribution in [3.05, 3.63) is 71.8 Å². The van der Waals surface area contributed by atoms with E-state index in [0.29, 0.717) is 4.83 Å². The van der Waals surface area contributed by atoms with Crippen molar-refractivity contribution < 1.29 is 9.84 Å². The van der Waals surface area contributed by atoms with Gasteiger partial charge in [0.25, 0.3) is 0 Å². The molecule has 1 unspecified atom stereocenters. The van der Waals surface area contributed by atoms with Gasteiger partial charge in [0.1, 0.15) is 0 Å². The number of hydrogen-bond donors (Lipinski definition) is 1. The van der Waals surface area contributed by atoms with E-state index in [9.17, 15) is 5.11 Å². The largest absolute Gasteiger partial charge is 0.393 e. The Bertz CT molecular complexity index is 629. The van der Waals surface area contributed by atoms with E-state index in [-0.39, 0.29) is 18.3 Å². The summed E-state index contributed by atoms with van der Waals surface area (Å²) >= 11 is 3.80. The monoisotopic (exact) mass is 416 g/mol. The molecule has 26 heavy (non-hydrogen) atoms. The molecule has 0 saturated carbocycles. The molecule has 1 aliphatic rings. The van der Waals surface area contributed by atoms with E-state index in [4.69, 9.17) is 4.74 Å². The standard InChI is InChI=1S/C23H29BrO2/c24-20-15-22(14-12-19-9-5-2-6-10-19)26-23(16-20)17-21(25)13-11-18-7-3-1-4-8-18/h1-10,20-23,25H,11-17H2/t20-,21?,22+,23+/m1/s1. The van der Waals surface area contributed by atoms with Crippen molar-refractivity contribution in [2.75, 3.05) is 0 Å². The van der Waals surface area contributed by atoms with Crippen molar-refractivity contribution in [1.29, 1.82) is 0 Å². The van der Waals surface area contributed by atoms with Crippen LogP contribution in [0.5, 0.6) is 0 Å². The Balaban J connectivity index is 1.43. The molecule has 1 N–H and O–H groups in total. The predicted octanol–water partition coefficient (Wildman–Crippen LogP) is 5.31. The van der Waals surface area contributed by atoms with Gasteiger partial charge < -0.3 is 9.84 Å². The van der Waals surface area contributed by atoms with Gasteiger partial charge in [-0.25, -0.2) is 0 Å². The molecule has 0 spiro atoms. The smallest absolute Gasteiger partial charge is 0.0614 e. The molecule has 3 heteroatoms. The van der Waals surface area contributed by atoms with Crippen molar-refractivity contribution in [1.82, 2.24) is 0 Å². The Morgan fingerprint density at radius 1 is 0.885 bits per heavy atom. The van der Waals surface area contributed by atoms with Crippen LogP contribution in [0.4, 0.5) is 0 Å². The number of alkyl halides is 1. The van der Waals surface area contributed by atoms with Crippen LogP contribution in [-0.4, -0.2) is 28.2 Å². The summed E-state index contributed by atoms with van der Waals surface area (Å²) in [6, 6.07) is 21.0.